The van der Waals surface area contributed by atoms with Gasteiger partial charge >= 0.3 is 0 Å². The fraction of sp³-hybridized carbons (Fsp3) is 1.00. The van der Waals surface area contributed by atoms with Crippen LogP contribution in [0.5, 0.6) is 0 Å². The Morgan fingerprint density at radius 1 is 0.333 bits per heavy atom. The van der Waals surface area contributed by atoms with Crippen LogP contribution in [0.3, 0.4) is 0 Å². The first kappa shape index (κ1) is 37.0. The van der Waals surface area contributed by atoms with Gasteiger partial charge < -0.3 is 105 Å². The van der Waals surface area contributed by atoms with E-state index < -0.39 is 149 Å². The van der Waals surface area contributed by atoms with E-state index in [1.54, 1.807) is 0 Å². The topological polar surface area (TPSA) is 348 Å². The molecule has 21 nitrogen and oxygen atoms in total. The molecule has 0 aromatic rings. The lowest BCUT2D eigenvalue weighted by atomic mass is 9.98. The van der Waals surface area contributed by atoms with Crippen LogP contribution >= 0.6 is 0 Å². The lowest BCUT2D eigenvalue weighted by Crippen LogP contribution is -2.63. The van der Waals surface area contributed by atoms with Crippen LogP contribution in [0.4, 0.5) is 0 Å². The average molecular weight is 667 g/mol. The minimum absolute atomic E-state index is 0.633. The second-order valence-corrected chi connectivity index (χ2v) is 11.3. The van der Waals surface area contributed by atoms with Gasteiger partial charge in [0.05, 0.1) is 26.4 Å². The molecule has 4 aliphatic heterocycles. The first-order chi connectivity index (χ1) is 21.2. The summed E-state index contributed by atoms with van der Waals surface area (Å²) < 4.78 is 37.2. The van der Waals surface area contributed by atoms with Crippen molar-refractivity contribution in [2.75, 3.05) is 26.4 Å². The molecule has 0 radical (unpaired) electrons. The number of rotatable bonds is 10. The molecule has 4 rings (SSSR count). The predicted octanol–water partition coefficient (Wildman–Crippen LogP) is -9.75. The van der Waals surface area contributed by atoms with Crippen molar-refractivity contribution in [3.8, 4) is 0 Å². The van der Waals surface area contributed by atoms with Gasteiger partial charge in [-0.05, 0) is 0 Å². The van der Waals surface area contributed by atoms with Crippen molar-refractivity contribution in [2.45, 2.75) is 123 Å². The molecule has 0 aliphatic carbocycles. The van der Waals surface area contributed by atoms with Crippen LogP contribution in [0, 0.1) is 0 Å². The zero-order chi connectivity index (χ0) is 33.3. The van der Waals surface area contributed by atoms with E-state index >= 15 is 0 Å². The van der Waals surface area contributed by atoms with E-state index in [1.165, 1.54) is 0 Å². The molecule has 0 unspecified atom stereocenters. The van der Waals surface area contributed by atoms with E-state index in [-0.39, 0.29) is 0 Å². The monoisotopic (exact) mass is 666 g/mol. The Balaban J connectivity index is 1.33. The fourth-order valence-corrected chi connectivity index (χ4v) is 5.23. The molecule has 4 fully saturated rings. The van der Waals surface area contributed by atoms with E-state index in [0.717, 1.165) is 0 Å². The maximum Gasteiger partial charge on any atom is 0.186 e. The van der Waals surface area contributed by atoms with Gasteiger partial charge in [-0.2, -0.15) is 0 Å². The van der Waals surface area contributed by atoms with Crippen molar-refractivity contribution in [3.63, 3.8) is 0 Å². The molecule has 0 bridgehead atoms. The summed E-state index contributed by atoms with van der Waals surface area (Å²) in [5, 5.41) is 141. The molecule has 0 saturated carbocycles. The zero-order valence-corrected chi connectivity index (χ0v) is 23.5. The molecule has 0 spiro atoms. The standard InChI is InChI=1S/C24H42O21/c25-1-5-9(26)14(31)18(35)22(43-5)40-3-7-11(28)16(33)20(37)24(45-7)41-4-8-12(29)15(32)19(36)23(44-8)39-2-6-10(27)13(30)17(34)21(38)42-6/h5-38H,1-4H2/t5-,6-,7-,8-,9+,10+,11+,12+,13+,14+,15+,16+,17-,18-,19-,20-,21-,22-,23-,24-/m1/s1. The minimum Gasteiger partial charge on any atom is -0.394 e. The summed E-state index contributed by atoms with van der Waals surface area (Å²) in [6, 6.07) is 0. The van der Waals surface area contributed by atoms with Gasteiger partial charge in [-0.3, -0.25) is 0 Å². The van der Waals surface area contributed by atoms with Crippen molar-refractivity contribution < 1.29 is 105 Å². The number of aliphatic hydroxyl groups is 14. The van der Waals surface area contributed by atoms with Gasteiger partial charge in [0.15, 0.2) is 25.2 Å². The Bertz CT molecular complexity index is 916. The van der Waals surface area contributed by atoms with E-state index in [2.05, 4.69) is 0 Å². The van der Waals surface area contributed by atoms with Crippen LogP contribution in [0.2, 0.25) is 0 Å². The van der Waals surface area contributed by atoms with Crippen LogP contribution in [0.15, 0.2) is 0 Å². The molecule has 0 aromatic heterocycles. The second-order valence-electron chi connectivity index (χ2n) is 11.3. The van der Waals surface area contributed by atoms with Gasteiger partial charge in [0.2, 0.25) is 0 Å². The summed E-state index contributed by atoms with van der Waals surface area (Å²) >= 11 is 0. The zero-order valence-electron chi connectivity index (χ0n) is 23.5. The Kier molecular flexibility index (Phi) is 12.8. The molecule has 0 aromatic carbocycles. The molecule has 4 saturated heterocycles. The SMILES string of the molecule is OC[C@H]1O[C@@H](OC[C@H]2O[C@@H](OC[C@H]3O[C@@H](OC[C@H]4O[C@@H](O)[C@H](O)[C@@H](O)[C@H]4O)[C@H](O)[C@@H](O)[C@H]3O)[C@H](O)[C@@H](O)[C@H]2O)[C@H](O)[C@@H](O)[C@H]1O. The van der Waals surface area contributed by atoms with Crippen LogP contribution in [-0.4, -0.2) is 221 Å². The van der Waals surface area contributed by atoms with E-state index in [0.29, 0.717) is 0 Å². The van der Waals surface area contributed by atoms with Crippen molar-refractivity contribution in [2.24, 2.45) is 0 Å². The maximum atomic E-state index is 10.4. The Morgan fingerprint density at radius 3 is 0.978 bits per heavy atom. The highest BCUT2D eigenvalue weighted by Crippen LogP contribution is 2.29. The highest BCUT2D eigenvalue weighted by atomic mass is 16.7. The second kappa shape index (κ2) is 15.6. The summed E-state index contributed by atoms with van der Waals surface area (Å²) in [5.74, 6) is 0. The lowest BCUT2D eigenvalue weighted by molar-refractivity contribution is -0.346. The summed E-state index contributed by atoms with van der Waals surface area (Å²) in [5.41, 5.74) is 0. The van der Waals surface area contributed by atoms with E-state index in [1.807, 2.05) is 0 Å². The van der Waals surface area contributed by atoms with Gasteiger partial charge in [0, 0.05) is 0 Å². The summed E-state index contributed by atoms with van der Waals surface area (Å²) in [7, 11) is 0. The average Bonchev–Trinajstić information content (AvgIpc) is 3.02. The first-order valence-corrected chi connectivity index (χ1v) is 14.1. The molecule has 4 heterocycles. The van der Waals surface area contributed by atoms with E-state index in [4.69, 9.17) is 33.2 Å². The van der Waals surface area contributed by atoms with Gasteiger partial charge in [-0.25, -0.2) is 0 Å². The van der Waals surface area contributed by atoms with Crippen LogP contribution in [-0.2, 0) is 33.2 Å². The Labute approximate surface area is 254 Å². The van der Waals surface area contributed by atoms with Crippen LogP contribution < -0.4 is 0 Å². The van der Waals surface area contributed by atoms with Crippen molar-refractivity contribution in [1.29, 1.82) is 0 Å². The van der Waals surface area contributed by atoms with Crippen molar-refractivity contribution >= 4 is 0 Å². The smallest absolute Gasteiger partial charge is 0.186 e. The molecule has 20 atom stereocenters. The number of aliphatic hydroxyl groups excluding tert-OH is 14. The summed E-state index contributed by atoms with van der Waals surface area (Å²) in [6.45, 7) is -2.67. The largest absolute Gasteiger partial charge is 0.394 e. The maximum absolute atomic E-state index is 10.4. The lowest BCUT2D eigenvalue weighted by Gasteiger charge is -2.44. The molecule has 14 N–H and O–H groups in total. The van der Waals surface area contributed by atoms with E-state index in [9.17, 15) is 71.5 Å². The molecule has 0 amide bonds. The van der Waals surface area contributed by atoms with Gasteiger partial charge in [0.1, 0.15) is 97.7 Å². The number of hydrogen-bond donors (Lipinski definition) is 14. The summed E-state index contributed by atoms with van der Waals surface area (Å²) in [4.78, 5) is 0. The van der Waals surface area contributed by atoms with Crippen LogP contribution in [0.25, 0.3) is 0 Å². The predicted molar refractivity (Wildman–Crippen MR) is 134 cm³/mol. The molecular formula is C24H42O21. The third-order valence-electron chi connectivity index (χ3n) is 8.15. The normalized spacial score (nSPS) is 52.9. The van der Waals surface area contributed by atoms with Gasteiger partial charge in [0.25, 0.3) is 0 Å². The third kappa shape index (κ3) is 7.91. The molecule has 45 heavy (non-hydrogen) atoms. The van der Waals surface area contributed by atoms with Crippen LogP contribution in [0.1, 0.15) is 0 Å². The minimum atomic E-state index is -1.88. The van der Waals surface area contributed by atoms with Gasteiger partial charge in [-0.15, -0.1) is 0 Å². The summed E-state index contributed by atoms with van der Waals surface area (Å²) in [6.07, 6.45) is -34.1. The highest BCUT2D eigenvalue weighted by Gasteiger charge is 2.50. The third-order valence-corrected chi connectivity index (χ3v) is 8.15. The Hall–Kier alpha value is -0.840. The number of ether oxygens (including phenoxy) is 7. The first-order valence-electron chi connectivity index (χ1n) is 14.1. The highest BCUT2D eigenvalue weighted by molar-refractivity contribution is 4.94. The molecule has 264 valence electrons. The molecule has 4 aliphatic rings. The Morgan fingerprint density at radius 2 is 0.622 bits per heavy atom. The number of hydrogen-bond acceptors (Lipinski definition) is 21. The fourth-order valence-electron chi connectivity index (χ4n) is 5.23. The van der Waals surface area contributed by atoms with Crippen molar-refractivity contribution in [3.05, 3.63) is 0 Å². The molecule has 21 heteroatoms. The molecular weight excluding hydrogens is 624 g/mol. The quantitative estimate of drug-likeness (QED) is 0.103. The van der Waals surface area contributed by atoms with Crippen molar-refractivity contribution in [1.82, 2.24) is 0 Å². The van der Waals surface area contributed by atoms with Gasteiger partial charge in [-0.1, -0.05) is 0 Å².